The Morgan fingerprint density at radius 1 is 1.38 bits per heavy atom. The van der Waals surface area contributed by atoms with Gasteiger partial charge in [0.25, 0.3) is 0 Å². The van der Waals surface area contributed by atoms with E-state index in [9.17, 15) is 4.79 Å². The van der Waals surface area contributed by atoms with E-state index in [0.29, 0.717) is 17.9 Å². The third kappa shape index (κ3) is 4.75. The molecular weight excluding hydrogens is 280 g/mol. The maximum atomic E-state index is 12.8. The molecular formula is C17H26N2OS. The van der Waals surface area contributed by atoms with Crippen molar-refractivity contribution in [1.29, 1.82) is 0 Å². The van der Waals surface area contributed by atoms with Crippen LogP contribution in [0.2, 0.25) is 0 Å². The summed E-state index contributed by atoms with van der Waals surface area (Å²) in [5.41, 5.74) is 1.29. The lowest BCUT2D eigenvalue weighted by molar-refractivity contribution is -0.132. The van der Waals surface area contributed by atoms with Crippen LogP contribution in [0.25, 0.3) is 0 Å². The van der Waals surface area contributed by atoms with E-state index >= 15 is 0 Å². The summed E-state index contributed by atoms with van der Waals surface area (Å²) < 4.78 is 0. The molecule has 4 heteroatoms. The van der Waals surface area contributed by atoms with Crippen LogP contribution >= 0.6 is 11.8 Å². The fourth-order valence-corrected chi connectivity index (χ4v) is 3.86. The summed E-state index contributed by atoms with van der Waals surface area (Å²) in [5, 5.41) is 3.44. The quantitative estimate of drug-likeness (QED) is 0.908. The average molecular weight is 306 g/mol. The van der Waals surface area contributed by atoms with Crippen molar-refractivity contribution >= 4 is 17.7 Å². The van der Waals surface area contributed by atoms with Gasteiger partial charge in [-0.3, -0.25) is 4.79 Å². The number of nitrogens with one attached hydrogen (secondary N) is 1. The standard InChI is InChI=1S/C17H26N2OS/c1-13(2)16(21-12-15-7-5-4-6-8-15)17(20)19-10-9-18-14(3)11-19/h4-8,13-14,16,18H,9-12H2,1-3H3. The third-order valence-electron chi connectivity index (χ3n) is 3.80. The van der Waals surface area contributed by atoms with Gasteiger partial charge in [-0.2, -0.15) is 0 Å². The number of thioether (sulfide) groups is 1. The molecule has 1 fully saturated rings. The molecule has 1 aromatic rings. The first-order valence-electron chi connectivity index (χ1n) is 7.75. The summed E-state index contributed by atoms with van der Waals surface area (Å²) in [4.78, 5) is 14.8. The zero-order valence-electron chi connectivity index (χ0n) is 13.2. The van der Waals surface area contributed by atoms with Crippen molar-refractivity contribution in [2.75, 3.05) is 19.6 Å². The minimum absolute atomic E-state index is 0.0514. The molecule has 0 aliphatic carbocycles. The number of piperazine rings is 1. The minimum Gasteiger partial charge on any atom is -0.339 e. The van der Waals surface area contributed by atoms with Crippen molar-refractivity contribution in [3.8, 4) is 0 Å². The van der Waals surface area contributed by atoms with Crippen LogP contribution < -0.4 is 5.32 Å². The highest BCUT2D eigenvalue weighted by atomic mass is 32.2. The van der Waals surface area contributed by atoms with Gasteiger partial charge in [0.15, 0.2) is 0 Å². The Labute approximate surface area is 132 Å². The average Bonchev–Trinajstić information content (AvgIpc) is 2.48. The second-order valence-corrected chi connectivity index (χ2v) is 7.23. The molecule has 116 valence electrons. The molecule has 0 aromatic heterocycles. The summed E-state index contributed by atoms with van der Waals surface area (Å²) in [6, 6.07) is 10.8. The molecule has 1 aliphatic rings. The lowest BCUT2D eigenvalue weighted by Crippen LogP contribution is -2.54. The van der Waals surface area contributed by atoms with Gasteiger partial charge < -0.3 is 10.2 Å². The molecule has 1 saturated heterocycles. The van der Waals surface area contributed by atoms with Gasteiger partial charge >= 0.3 is 0 Å². The first-order valence-corrected chi connectivity index (χ1v) is 8.80. The van der Waals surface area contributed by atoms with Crippen molar-refractivity contribution in [2.45, 2.75) is 37.8 Å². The van der Waals surface area contributed by atoms with Crippen LogP contribution in [0.3, 0.4) is 0 Å². The zero-order chi connectivity index (χ0) is 15.2. The molecule has 0 saturated carbocycles. The molecule has 1 N–H and O–H groups in total. The molecule has 0 radical (unpaired) electrons. The fraction of sp³-hybridized carbons (Fsp3) is 0.588. The summed E-state index contributed by atoms with van der Waals surface area (Å²) in [6.45, 7) is 8.99. The Bertz CT molecular complexity index is 449. The molecule has 3 nitrogen and oxygen atoms in total. The molecule has 2 atom stereocenters. The predicted molar refractivity (Wildman–Crippen MR) is 90.4 cm³/mol. The van der Waals surface area contributed by atoms with E-state index in [0.717, 1.165) is 25.4 Å². The Hall–Kier alpha value is -1.00. The van der Waals surface area contributed by atoms with E-state index in [2.05, 4.69) is 50.4 Å². The van der Waals surface area contributed by atoms with Gasteiger partial charge in [0.2, 0.25) is 5.91 Å². The molecule has 1 amide bonds. The predicted octanol–water partition coefficient (Wildman–Crippen LogP) is 2.76. The first-order chi connectivity index (χ1) is 10.1. The largest absolute Gasteiger partial charge is 0.339 e. The van der Waals surface area contributed by atoms with E-state index in [1.54, 1.807) is 11.8 Å². The van der Waals surface area contributed by atoms with Gasteiger partial charge in [-0.25, -0.2) is 0 Å². The molecule has 1 aromatic carbocycles. The maximum absolute atomic E-state index is 12.8. The molecule has 0 bridgehead atoms. The van der Waals surface area contributed by atoms with Gasteiger partial charge in [-0.1, -0.05) is 44.2 Å². The maximum Gasteiger partial charge on any atom is 0.236 e. The smallest absolute Gasteiger partial charge is 0.236 e. The molecule has 2 rings (SSSR count). The van der Waals surface area contributed by atoms with Crippen molar-refractivity contribution in [3.63, 3.8) is 0 Å². The lowest BCUT2D eigenvalue weighted by atomic mass is 10.1. The number of rotatable bonds is 5. The Morgan fingerprint density at radius 3 is 2.71 bits per heavy atom. The molecule has 1 heterocycles. The molecule has 0 spiro atoms. The van der Waals surface area contributed by atoms with Crippen molar-refractivity contribution in [1.82, 2.24) is 10.2 Å². The van der Waals surface area contributed by atoms with Gasteiger partial charge in [-0.05, 0) is 18.4 Å². The van der Waals surface area contributed by atoms with Gasteiger partial charge in [0.1, 0.15) is 0 Å². The number of amides is 1. The third-order valence-corrected chi connectivity index (χ3v) is 5.41. The highest BCUT2D eigenvalue weighted by molar-refractivity contribution is 7.99. The zero-order valence-corrected chi connectivity index (χ0v) is 14.0. The summed E-state index contributed by atoms with van der Waals surface area (Å²) in [7, 11) is 0. The van der Waals surface area contributed by atoms with E-state index in [4.69, 9.17) is 0 Å². The summed E-state index contributed by atoms with van der Waals surface area (Å²) in [6.07, 6.45) is 0. The van der Waals surface area contributed by atoms with Crippen LogP contribution in [0.1, 0.15) is 26.3 Å². The van der Waals surface area contributed by atoms with E-state index in [1.807, 2.05) is 11.0 Å². The number of hydrogen-bond donors (Lipinski definition) is 1. The molecule has 2 unspecified atom stereocenters. The van der Waals surface area contributed by atoms with Crippen molar-refractivity contribution in [3.05, 3.63) is 35.9 Å². The number of benzene rings is 1. The Kier molecular flexibility index (Phi) is 6.12. The molecule has 1 aliphatic heterocycles. The lowest BCUT2D eigenvalue weighted by Gasteiger charge is -2.35. The van der Waals surface area contributed by atoms with Crippen LogP contribution in [-0.2, 0) is 10.5 Å². The van der Waals surface area contributed by atoms with E-state index in [-0.39, 0.29) is 5.25 Å². The van der Waals surface area contributed by atoms with Gasteiger partial charge in [0.05, 0.1) is 5.25 Å². The van der Waals surface area contributed by atoms with Crippen molar-refractivity contribution < 1.29 is 4.79 Å². The Balaban J connectivity index is 1.96. The topological polar surface area (TPSA) is 32.3 Å². The van der Waals surface area contributed by atoms with Crippen LogP contribution in [0.15, 0.2) is 30.3 Å². The van der Waals surface area contributed by atoms with Crippen LogP contribution in [-0.4, -0.2) is 41.7 Å². The monoisotopic (exact) mass is 306 g/mol. The Morgan fingerprint density at radius 2 is 2.10 bits per heavy atom. The van der Waals surface area contributed by atoms with Gasteiger partial charge in [-0.15, -0.1) is 11.8 Å². The first kappa shape index (κ1) is 16.4. The molecule has 21 heavy (non-hydrogen) atoms. The second-order valence-electron chi connectivity index (χ2n) is 6.10. The minimum atomic E-state index is 0.0514. The number of hydrogen-bond acceptors (Lipinski definition) is 3. The summed E-state index contributed by atoms with van der Waals surface area (Å²) in [5.74, 6) is 1.56. The number of nitrogens with zero attached hydrogens (tertiary/aromatic N) is 1. The second kappa shape index (κ2) is 7.85. The van der Waals surface area contributed by atoms with Crippen LogP contribution in [0.4, 0.5) is 0 Å². The highest BCUT2D eigenvalue weighted by Gasteiger charge is 2.29. The SMILES string of the molecule is CC1CN(C(=O)C(SCc2ccccc2)C(C)C)CCN1. The van der Waals surface area contributed by atoms with E-state index < -0.39 is 0 Å². The van der Waals surface area contributed by atoms with Gasteiger partial charge in [0, 0.05) is 31.4 Å². The number of carbonyl (C=O) groups is 1. The van der Waals surface area contributed by atoms with E-state index in [1.165, 1.54) is 5.56 Å². The van der Waals surface area contributed by atoms with Crippen molar-refractivity contribution in [2.24, 2.45) is 5.92 Å². The highest BCUT2D eigenvalue weighted by Crippen LogP contribution is 2.26. The summed E-state index contributed by atoms with van der Waals surface area (Å²) >= 11 is 1.77. The van der Waals surface area contributed by atoms with Crippen LogP contribution in [0.5, 0.6) is 0 Å². The van der Waals surface area contributed by atoms with Crippen LogP contribution in [0, 0.1) is 5.92 Å². The number of carbonyl (C=O) groups excluding carboxylic acids is 1. The fourth-order valence-electron chi connectivity index (χ4n) is 2.62. The normalized spacial score (nSPS) is 20.6.